The van der Waals surface area contributed by atoms with Crippen LogP contribution in [0.3, 0.4) is 0 Å². The predicted octanol–water partition coefficient (Wildman–Crippen LogP) is 5.89. The summed E-state index contributed by atoms with van der Waals surface area (Å²) in [6, 6.07) is 16.5. The number of hydrogen-bond acceptors (Lipinski definition) is 4. The van der Waals surface area contributed by atoms with Gasteiger partial charge in [-0.25, -0.2) is 9.59 Å². The lowest BCUT2D eigenvalue weighted by Crippen LogP contribution is -2.49. The second-order valence-electron chi connectivity index (χ2n) is 10.0. The molecule has 2 aliphatic rings. The number of likely N-dealkylation sites (tertiary alicyclic amines) is 2. The molecule has 7 nitrogen and oxygen atoms in total. The van der Waals surface area contributed by atoms with E-state index in [1.165, 1.54) is 12.0 Å². The number of amides is 1. The summed E-state index contributed by atoms with van der Waals surface area (Å²) in [5, 5.41) is 16.7. The topological polar surface area (TPSA) is 98.2 Å². The van der Waals surface area contributed by atoms with Gasteiger partial charge in [-0.05, 0) is 61.8 Å². The summed E-state index contributed by atoms with van der Waals surface area (Å²) >= 11 is 12.2. The van der Waals surface area contributed by atoms with Crippen molar-refractivity contribution in [2.75, 3.05) is 26.2 Å². The van der Waals surface area contributed by atoms with Crippen LogP contribution in [-0.4, -0.2) is 70.1 Å². The smallest absolute Gasteiger partial charge is 0.328 e. The molecule has 2 fully saturated rings. The molecule has 2 aromatic rings. The molecule has 2 aromatic carbocycles. The third kappa shape index (κ3) is 10.8. The van der Waals surface area contributed by atoms with E-state index in [-0.39, 0.29) is 5.91 Å². The van der Waals surface area contributed by atoms with Crippen molar-refractivity contribution < 1.29 is 24.6 Å². The highest BCUT2D eigenvalue weighted by Crippen LogP contribution is 2.25. The van der Waals surface area contributed by atoms with Crippen molar-refractivity contribution in [3.63, 3.8) is 0 Å². The van der Waals surface area contributed by atoms with Crippen molar-refractivity contribution >= 4 is 41.0 Å². The number of benzene rings is 2. The molecule has 0 aliphatic carbocycles. The minimum absolute atomic E-state index is 0.200. The van der Waals surface area contributed by atoms with E-state index in [4.69, 9.17) is 33.4 Å². The van der Waals surface area contributed by atoms with Crippen molar-refractivity contribution in [3.05, 3.63) is 93.5 Å². The molecule has 1 atom stereocenters. The Morgan fingerprint density at radius 1 is 0.900 bits per heavy atom. The van der Waals surface area contributed by atoms with Crippen molar-refractivity contribution in [3.8, 4) is 0 Å². The molecule has 2 saturated heterocycles. The first-order valence-corrected chi connectivity index (χ1v) is 14.3. The van der Waals surface area contributed by atoms with Crippen molar-refractivity contribution in [2.24, 2.45) is 0 Å². The van der Waals surface area contributed by atoms with Gasteiger partial charge in [-0.1, -0.05) is 71.2 Å². The molecule has 0 spiro atoms. The highest BCUT2D eigenvalue weighted by Gasteiger charge is 2.29. The molecule has 1 unspecified atom stereocenters. The number of carbonyl (C=O) groups excluding carboxylic acids is 1. The summed E-state index contributed by atoms with van der Waals surface area (Å²) in [6.45, 7) is 3.98. The number of carbonyl (C=O) groups is 3. The van der Waals surface area contributed by atoms with Crippen LogP contribution in [0, 0.1) is 0 Å². The lowest BCUT2D eigenvalue weighted by atomic mass is 10.00. The van der Waals surface area contributed by atoms with E-state index in [2.05, 4.69) is 46.2 Å². The standard InChI is InChI=1S/C27H32Cl2N2O.C4H4O4/c28-25-13-12-23(17-26(25)29)18-27(32)31-15-5-4-11-24(31)20-30-16-14-22(19-30)10-6-9-21-7-2-1-3-8-21;5-3(6)1-2-4(7)8/h1-3,7-8,10,12-13,17,24H,4-6,9,11,14-16,18-20H2;1-2H,(H,5,6)(H,7,8). The molecule has 9 heteroatoms. The maximum Gasteiger partial charge on any atom is 0.328 e. The first-order valence-electron chi connectivity index (χ1n) is 13.5. The number of halogens is 2. The molecule has 0 aromatic heterocycles. The minimum Gasteiger partial charge on any atom is -0.478 e. The van der Waals surface area contributed by atoms with Crippen LogP contribution in [0.5, 0.6) is 0 Å². The van der Waals surface area contributed by atoms with Gasteiger partial charge in [-0.2, -0.15) is 0 Å². The highest BCUT2D eigenvalue weighted by atomic mass is 35.5. The Kier molecular flexibility index (Phi) is 12.7. The molecule has 214 valence electrons. The molecule has 4 rings (SSSR count). The Bertz CT molecular complexity index is 1200. The number of hydrogen-bond donors (Lipinski definition) is 2. The molecule has 1 amide bonds. The van der Waals surface area contributed by atoms with E-state index in [1.807, 2.05) is 12.1 Å². The Labute approximate surface area is 245 Å². The number of aryl methyl sites for hydroxylation is 1. The normalized spacial score (nSPS) is 18.5. The van der Waals surface area contributed by atoms with E-state index < -0.39 is 11.9 Å². The number of allylic oxidation sites excluding steroid dienone is 1. The molecular formula is C31H36Cl2N2O5. The zero-order valence-electron chi connectivity index (χ0n) is 22.5. The zero-order valence-corrected chi connectivity index (χ0v) is 24.0. The Morgan fingerprint density at radius 2 is 1.62 bits per heavy atom. The summed E-state index contributed by atoms with van der Waals surface area (Å²) < 4.78 is 0. The van der Waals surface area contributed by atoms with Crippen LogP contribution in [0.25, 0.3) is 0 Å². The van der Waals surface area contributed by atoms with Gasteiger partial charge in [0.15, 0.2) is 0 Å². The Morgan fingerprint density at radius 3 is 2.30 bits per heavy atom. The SMILES string of the molecule is O=C(Cc1ccc(Cl)c(Cl)c1)N1CCCCC1CN1CCC(=CCCc2ccccc2)C1.O=C(O)C=CC(=O)O. The lowest BCUT2D eigenvalue weighted by Gasteiger charge is -2.38. The average molecular weight is 588 g/mol. The van der Waals surface area contributed by atoms with Gasteiger partial charge in [0, 0.05) is 44.4 Å². The van der Waals surface area contributed by atoms with E-state index in [0.717, 1.165) is 63.8 Å². The van der Waals surface area contributed by atoms with E-state index in [1.54, 1.807) is 11.6 Å². The van der Waals surface area contributed by atoms with Crippen LogP contribution in [-0.2, 0) is 27.2 Å². The maximum atomic E-state index is 13.1. The fraction of sp³-hybridized carbons (Fsp3) is 0.387. The molecule has 0 bridgehead atoms. The number of rotatable bonds is 9. The van der Waals surface area contributed by atoms with Gasteiger partial charge in [0.2, 0.25) is 5.91 Å². The van der Waals surface area contributed by atoms with E-state index in [0.29, 0.717) is 34.7 Å². The Balaban J connectivity index is 0.000000482. The van der Waals surface area contributed by atoms with Crippen LogP contribution < -0.4 is 0 Å². The van der Waals surface area contributed by atoms with Gasteiger partial charge in [-0.3, -0.25) is 9.69 Å². The van der Waals surface area contributed by atoms with Crippen LogP contribution in [0.2, 0.25) is 10.0 Å². The summed E-state index contributed by atoms with van der Waals surface area (Å²) in [5.74, 6) is -2.31. The van der Waals surface area contributed by atoms with Crippen molar-refractivity contribution in [2.45, 2.75) is 51.0 Å². The van der Waals surface area contributed by atoms with Crippen molar-refractivity contribution in [1.82, 2.24) is 9.80 Å². The fourth-order valence-corrected chi connectivity index (χ4v) is 5.36. The second-order valence-corrected chi connectivity index (χ2v) is 10.9. The van der Waals surface area contributed by atoms with Crippen LogP contribution in [0.4, 0.5) is 0 Å². The molecule has 0 radical (unpaired) electrons. The van der Waals surface area contributed by atoms with Crippen LogP contribution in [0.1, 0.15) is 43.2 Å². The number of piperidine rings is 1. The van der Waals surface area contributed by atoms with Crippen molar-refractivity contribution in [1.29, 1.82) is 0 Å². The molecule has 2 aliphatic heterocycles. The predicted molar refractivity (Wildman–Crippen MR) is 158 cm³/mol. The summed E-state index contributed by atoms with van der Waals surface area (Å²) in [6.07, 6.45) is 10.7. The zero-order chi connectivity index (χ0) is 28.9. The van der Waals surface area contributed by atoms with Gasteiger partial charge in [0.1, 0.15) is 0 Å². The first-order chi connectivity index (χ1) is 19.2. The van der Waals surface area contributed by atoms with Gasteiger partial charge in [-0.15, -0.1) is 0 Å². The highest BCUT2D eigenvalue weighted by molar-refractivity contribution is 6.42. The largest absolute Gasteiger partial charge is 0.478 e. The van der Waals surface area contributed by atoms with E-state index in [9.17, 15) is 14.4 Å². The third-order valence-electron chi connectivity index (χ3n) is 7.01. The first kappa shape index (κ1) is 31.4. The monoisotopic (exact) mass is 586 g/mol. The van der Waals surface area contributed by atoms with Gasteiger partial charge in [0.25, 0.3) is 0 Å². The molecule has 2 heterocycles. The van der Waals surface area contributed by atoms with Gasteiger partial charge in [0.05, 0.1) is 16.5 Å². The summed E-state index contributed by atoms with van der Waals surface area (Å²) in [5.41, 5.74) is 3.88. The molecule has 40 heavy (non-hydrogen) atoms. The Hall–Kier alpha value is -3.13. The number of carboxylic acids is 2. The number of aliphatic carboxylic acids is 2. The summed E-state index contributed by atoms with van der Waals surface area (Å²) in [7, 11) is 0. The third-order valence-corrected chi connectivity index (χ3v) is 7.75. The molecule has 0 saturated carbocycles. The molecular weight excluding hydrogens is 551 g/mol. The second kappa shape index (κ2) is 16.2. The molecule has 2 N–H and O–H groups in total. The minimum atomic E-state index is -1.26. The van der Waals surface area contributed by atoms with Gasteiger partial charge < -0.3 is 15.1 Å². The maximum absolute atomic E-state index is 13.1. The fourth-order valence-electron chi connectivity index (χ4n) is 5.04. The van der Waals surface area contributed by atoms with Crippen LogP contribution in [0.15, 0.2) is 72.3 Å². The van der Waals surface area contributed by atoms with E-state index >= 15 is 0 Å². The van der Waals surface area contributed by atoms with Crippen LogP contribution >= 0.6 is 23.2 Å². The lowest BCUT2D eigenvalue weighted by molar-refractivity contribution is -0.134. The number of nitrogens with zero attached hydrogens (tertiary/aromatic N) is 2. The summed E-state index contributed by atoms with van der Waals surface area (Å²) in [4.78, 5) is 36.9. The van der Waals surface area contributed by atoms with Gasteiger partial charge >= 0.3 is 11.9 Å². The average Bonchev–Trinajstić information content (AvgIpc) is 3.38. The number of carboxylic acid groups (broad SMARTS) is 2. The quantitative estimate of drug-likeness (QED) is 0.280.